The average molecular weight is 715 g/mol. The van der Waals surface area contributed by atoms with Crippen molar-refractivity contribution < 1.29 is 46.3 Å². The van der Waals surface area contributed by atoms with Crippen LogP contribution in [0, 0.1) is 13.8 Å². The molecule has 264 valence electrons. The van der Waals surface area contributed by atoms with Gasteiger partial charge in [-0.2, -0.15) is 0 Å². The van der Waals surface area contributed by atoms with Gasteiger partial charge in [-0.1, -0.05) is 113 Å². The Morgan fingerprint density at radius 1 is 0.532 bits per heavy atom. The van der Waals surface area contributed by atoms with Gasteiger partial charge in [-0.05, 0) is 51.0 Å². The third kappa shape index (κ3) is 34.4. The summed E-state index contributed by atoms with van der Waals surface area (Å²) in [5, 5.41) is 0. The largest absolute Gasteiger partial charge is 0.465 e. The molecule has 0 saturated heterocycles. The number of rotatable bonds is 21. The van der Waals surface area contributed by atoms with Crippen molar-refractivity contribution in [2.24, 2.45) is 0 Å². The van der Waals surface area contributed by atoms with E-state index >= 15 is 0 Å². The highest BCUT2D eigenvalue weighted by Gasteiger charge is 2.11. The molecule has 2 rings (SSSR count). The summed E-state index contributed by atoms with van der Waals surface area (Å²) in [6.07, 6.45) is 13.5. The predicted molar refractivity (Wildman–Crippen MR) is 187 cm³/mol. The smallest absolute Gasteiger partial charge is 0.395 e. The summed E-state index contributed by atoms with van der Waals surface area (Å²) in [6, 6.07) is 14.7. The molecule has 0 bridgehead atoms. The normalized spacial score (nSPS) is 9.98. The number of aryl methyl sites for hydroxylation is 2. The number of ether oxygens (including phenoxy) is 2. The molecule has 0 spiro atoms. The van der Waals surface area contributed by atoms with Crippen LogP contribution in [0.4, 0.5) is 0 Å². The van der Waals surface area contributed by atoms with Gasteiger partial charge in [-0.15, -0.1) is 0 Å². The molecule has 13 heteroatoms. The fourth-order valence-electron chi connectivity index (χ4n) is 3.64. The van der Waals surface area contributed by atoms with E-state index in [9.17, 15) is 18.7 Å². The Labute approximate surface area is 286 Å². The van der Waals surface area contributed by atoms with E-state index in [4.69, 9.17) is 14.0 Å². The molecule has 0 saturated carbocycles. The van der Waals surface area contributed by atoms with Crippen molar-refractivity contribution in [3.8, 4) is 11.5 Å². The molecule has 2 aromatic rings. The number of benzene rings is 2. The van der Waals surface area contributed by atoms with E-state index in [1.165, 1.54) is 58.5 Å². The zero-order valence-corrected chi connectivity index (χ0v) is 31.3. The Balaban J connectivity index is 0. The quantitative estimate of drug-likeness (QED) is 0.0532. The minimum Gasteiger partial charge on any atom is -0.465 e. The van der Waals surface area contributed by atoms with Crippen molar-refractivity contribution in [1.29, 1.82) is 0 Å². The van der Waals surface area contributed by atoms with Gasteiger partial charge in [0.05, 0.1) is 13.2 Å². The van der Waals surface area contributed by atoms with E-state index in [1.54, 1.807) is 24.3 Å². The first-order chi connectivity index (χ1) is 22.8. The fraction of sp³-hybridized carbons (Fsp3) is 0.588. The minimum absolute atomic E-state index is 0.252. The average Bonchev–Trinajstić information content (AvgIpc) is 3.07. The van der Waals surface area contributed by atoms with Crippen LogP contribution in [0.1, 0.15) is 108 Å². The first-order valence-corrected chi connectivity index (χ1v) is 18.3. The van der Waals surface area contributed by atoms with E-state index in [2.05, 4.69) is 27.4 Å². The van der Waals surface area contributed by atoms with Crippen LogP contribution >= 0.6 is 26.1 Å². The summed E-state index contributed by atoms with van der Waals surface area (Å²) in [6.45, 7) is 9.17. The Bertz CT molecular complexity index is 972. The number of hydrogen-bond donors (Lipinski definition) is 0. The lowest BCUT2D eigenvalue weighted by atomic mass is 10.1. The number of carbonyl (C=O) groups is 2. The molecule has 0 N–H and O–H groups in total. The van der Waals surface area contributed by atoms with Crippen LogP contribution in [0.3, 0.4) is 0 Å². The van der Waals surface area contributed by atoms with Crippen LogP contribution in [0.15, 0.2) is 48.5 Å². The van der Waals surface area contributed by atoms with Crippen LogP contribution < -0.4 is 9.05 Å². The standard InChI is InChI=1S/C19H36O4.2C7H7O2P.CH3O2P/c1-3-5-7-9-11-13-15-22-18(20)17-19(21)23-16-14-12-10-8-6-4-2;2*1-6-2-4-7(5-3-6)9-10-8;1-3-4-2/h3-17H2,1-2H3;2*2-5H,1H3;1H3. The zero-order valence-electron chi connectivity index (χ0n) is 28.6. The third-order valence-electron chi connectivity index (χ3n) is 6.21. The highest BCUT2D eigenvalue weighted by Crippen LogP contribution is 2.16. The van der Waals surface area contributed by atoms with Crippen molar-refractivity contribution in [3.05, 3.63) is 59.7 Å². The molecule has 0 atom stereocenters. The summed E-state index contributed by atoms with van der Waals surface area (Å²) in [5.74, 6) is 0.322. The van der Waals surface area contributed by atoms with Gasteiger partial charge in [0.25, 0.3) is 0 Å². The topological polar surface area (TPSA) is 132 Å². The maximum Gasteiger partial charge on any atom is 0.395 e. The summed E-state index contributed by atoms with van der Waals surface area (Å²) in [5.41, 5.74) is 2.32. The molecule has 0 aliphatic heterocycles. The van der Waals surface area contributed by atoms with Gasteiger partial charge >= 0.3 is 38.0 Å². The first kappa shape index (κ1) is 46.4. The van der Waals surface area contributed by atoms with Gasteiger partial charge < -0.3 is 18.5 Å². The van der Waals surface area contributed by atoms with Gasteiger partial charge in [0, 0.05) is 7.11 Å². The van der Waals surface area contributed by atoms with Crippen molar-refractivity contribution in [2.45, 2.75) is 111 Å². The summed E-state index contributed by atoms with van der Waals surface area (Å²) in [4.78, 5) is 22.9. The molecular formula is C34H53O10P3. The maximum absolute atomic E-state index is 11.5. The monoisotopic (exact) mass is 714 g/mol. The maximum atomic E-state index is 11.5. The fourth-order valence-corrected chi connectivity index (χ4v) is 4.06. The van der Waals surface area contributed by atoms with Crippen molar-refractivity contribution >= 4 is 38.0 Å². The summed E-state index contributed by atoms with van der Waals surface area (Å²) in [7, 11) is 0.497. The summed E-state index contributed by atoms with van der Waals surface area (Å²) >= 11 is 0. The van der Waals surface area contributed by atoms with E-state index in [0.29, 0.717) is 24.7 Å². The van der Waals surface area contributed by atoms with Crippen LogP contribution in [-0.4, -0.2) is 32.3 Å². The highest BCUT2D eigenvalue weighted by molar-refractivity contribution is 7.18. The Kier molecular flexibility index (Phi) is 35.6. The minimum atomic E-state index is -0.466. The second-order valence-electron chi connectivity index (χ2n) is 10.4. The van der Waals surface area contributed by atoms with Crippen LogP contribution in [0.5, 0.6) is 11.5 Å². The van der Waals surface area contributed by atoms with E-state index < -0.39 is 11.9 Å². The van der Waals surface area contributed by atoms with Crippen LogP contribution in [-0.2, 0) is 37.3 Å². The number of carbonyl (C=O) groups excluding carboxylic acids is 2. The lowest BCUT2D eigenvalue weighted by Gasteiger charge is -2.06. The Morgan fingerprint density at radius 3 is 1.15 bits per heavy atom. The molecule has 0 fully saturated rings. The van der Waals surface area contributed by atoms with E-state index in [1.807, 2.05) is 38.1 Å². The molecule has 0 radical (unpaired) electrons. The van der Waals surface area contributed by atoms with E-state index in [-0.39, 0.29) is 32.5 Å². The van der Waals surface area contributed by atoms with Crippen molar-refractivity contribution in [3.63, 3.8) is 0 Å². The summed E-state index contributed by atoms with van der Waals surface area (Å²) < 4.78 is 52.3. The van der Waals surface area contributed by atoms with Gasteiger partial charge in [0.2, 0.25) is 0 Å². The molecule has 0 aliphatic rings. The number of unbranched alkanes of at least 4 members (excludes halogenated alkanes) is 10. The highest BCUT2D eigenvalue weighted by atomic mass is 31.1. The van der Waals surface area contributed by atoms with Gasteiger partial charge in [0.15, 0.2) is 0 Å². The number of esters is 2. The molecule has 0 aliphatic carbocycles. The van der Waals surface area contributed by atoms with Gasteiger partial charge in [-0.25, -0.2) is 13.7 Å². The second kappa shape index (κ2) is 36.1. The van der Waals surface area contributed by atoms with Crippen molar-refractivity contribution in [1.82, 2.24) is 0 Å². The zero-order chi connectivity index (χ0) is 35.4. The molecule has 47 heavy (non-hydrogen) atoms. The van der Waals surface area contributed by atoms with Crippen LogP contribution in [0.2, 0.25) is 0 Å². The Hall–Kier alpha value is -2.76. The van der Waals surface area contributed by atoms with Gasteiger partial charge in [0.1, 0.15) is 17.9 Å². The molecule has 2 aromatic carbocycles. The van der Waals surface area contributed by atoms with Gasteiger partial charge in [-0.3, -0.25) is 14.1 Å². The number of hydrogen-bond acceptors (Lipinski definition) is 10. The lowest BCUT2D eigenvalue weighted by molar-refractivity contribution is -0.154. The predicted octanol–water partition coefficient (Wildman–Crippen LogP) is 11.2. The molecule has 0 aromatic heterocycles. The lowest BCUT2D eigenvalue weighted by Crippen LogP contribution is -2.15. The molecule has 0 amide bonds. The van der Waals surface area contributed by atoms with Crippen LogP contribution in [0.25, 0.3) is 0 Å². The second-order valence-corrected chi connectivity index (χ2v) is 11.5. The van der Waals surface area contributed by atoms with E-state index in [0.717, 1.165) is 36.8 Å². The Morgan fingerprint density at radius 2 is 0.851 bits per heavy atom. The van der Waals surface area contributed by atoms with Crippen molar-refractivity contribution in [2.75, 3.05) is 20.3 Å². The molecule has 0 heterocycles. The molecule has 0 unspecified atom stereocenters. The third-order valence-corrected chi connectivity index (χ3v) is 6.93. The molecule has 10 nitrogen and oxygen atoms in total. The molecular weight excluding hydrogens is 661 g/mol. The first-order valence-electron chi connectivity index (χ1n) is 16.1. The SMILES string of the molecule is CCCCCCCCOC(=O)CC(=O)OCCCCCCCC.COP=O.Cc1ccc(OP=O)cc1.Cc1ccc(OP=O)cc1.